The summed E-state index contributed by atoms with van der Waals surface area (Å²) in [5.41, 5.74) is 5.70. The van der Waals surface area contributed by atoms with E-state index in [2.05, 4.69) is 5.32 Å². The molecule has 92 valence electrons. The lowest BCUT2D eigenvalue weighted by molar-refractivity contribution is -0.133. The van der Waals surface area contributed by atoms with Crippen LogP contribution in [0, 0.1) is 0 Å². The lowest BCUT2D eigenvalue weighted by Crippen LogP contribution is -2.50. The van der Waals surface area contributed by atoms with E-state index in [-0.39, 0.29) is 23.9 Å². The molecule has 1 heterocycles. The maximum atomic E-state index is 11.8. The van der Waals surface area contributed by atoms with E-state index >= 15 is 0 Å². The Hall–Kier alpha value is -1.10. The fourth-order valence-corrected chi connectivity index (χ4v) is 1.94. The average Bonchev–Trinajstić information content (AvgIpc) is 2.27. The van der Waals surface area contributed by atoms with Gasteiger partial charge in [-0.1, -0.05) is 6.92 Å². The molecular weight excluding hydrogens is 206 g/mol. The highest BCUT2D eigenvalue weighted by atomic mass is 16.2. The quantitative estimate of drug-likeness (QED) is 0.704. The first-order valence-corrected chi connectivity index (χ1v) is 5.86. The number of amides is 2. The SMILES string of the molecule is CC[C@@H](N)C(=O)N1CCC(NC(C)=O)CC1. The van der Waals surface area contributed by atoms with E-state index in [1.165, 1.54) is 6.92 Å². The molecule has 0 spiro atoms. The Bertz CT molecular complexity index is 260. The van der Waals surface area contributed by atoms with Gasteiger partial charge in [-0.25, -0.2) is 0 Å². The first-order chi connectivity index (χ1) is 7.54. The third-order valence-corrected chi connectivity index (χ3v) is 2.97. The third kappa shape index (κ3) is 3.48. The number of rotatable bonds is 3. The van der Waals surface area contributed by atoms with Crippen molar-refractivity contribution in [1.82, 2.24) is 10.2 Å². The molecule has 2 amide bonds. The van der Waals surface area contributed by atoms with Gasteiger partial charge in [0.25, 0.3) is 0 Å². The number of piperidine rings is 1. The molecule has 1 fully saturated rings. The molecule has 1 rings (SSSR count). The summed E-state index contributed by atoms with van der Waals surface area (Å²) in [6.45, 7) is 4.81. The summed E-state index contributed by atoms with van der Waals surface area (Å²) in [5, 5.41) is 2.88. The first kappa shape index (κ1) is 13.0. The summed E-state index contributed by atoms with van der Waals surface area (Å²) in [7, 11) is 0. The molecule has 0 aromatic rings. The van der Waals surface area contributed by atoms with Crippen molar-refractivity contribution in [3.63, 3.8) is 0 Å². The van der Waals surface area contributed by atoms with Crippen molar-refractivity contribution in [3.8, 4) is 0 Å². The van der Waals surface area contributed by atoms with E-state index < -0.39 is 0 Å². The zero-order valence-corrected chi connectivity index (χ0v) is 10.0. The molecule has 1 saturated heterocycles. The van der Waals surface area contributed by atoms with Crippen LogP contribution in [0.4, 0.5) is 0 Å². The fourth-order valence-electron chi connectivity index (χ4n) is 1.94. The minimum atomic E-state index is -0.377. The van der Waals surface area contributed by atoms with E-state index in [1.54, 1.807) is 4.90 Å². The highest BCUT2D eigenvalue weighted by molar-refractivity contribution is 5.81. The van der Waals surface area contributed by atoms with Crippen molar-refractivity contribution in [3.05, 3.63) is 0 Å². The van der Waals surface area contributed by atoms with Crippen molar-refractivity contribution in [2.24, 2.45) is 5.73 Å². The van der Waals surface area contributed by atoms with Gasteiger partial charge in [-0.2, -0.15) is 0 Å². The molecular formula is C11H21N3O2. The van der Waals surface area contributed by atoms with Crippen molar-refractivity contribution in [1.29, 1.82) is 0 Å². The Morgan fingerprint density at radius 2 is 2.00 bits per heavy atom. The molecule has 0 aromatic heterocycles. The van der Waals surface area contributed by atoms with Crippen molar-refractivity contribution < 1.29 is 9.59 Å². The summed E-state index contributed by atoms with van der Waals surface area (Å²) in [6.07, 6.45) is 2.31. The number of carbonyl (C=O) groups is 2. The molecule has 0 saturated carbocycles. The van der Waals surface area contributed by atoms with Crippen LogP contribution in [0.25, 0.3) is 0 Å². The van der Waals surface area contributed by atoms with Gasteiger partial charge in [0.2, 0.25) is 11.8 Å². The summed E-state index contributed by atoms with van der Waals surface area (Å²) >= 11 is 0. The molecule has 5 heteroatoms. The third-order valence-electron chi connectivity index (χ3n) is 2.97. The molecule has 16 heavy (non-hydrogen) atoms. The summed E-state index contributed by atoms with van der Waals surface area (Å²) in [4.78, 5) is 24.4. The largest absolute Gasteiger partial charge is 0.353 e. The second kappa shape index (κ2) is 5.84. The van der Waals surface area contributed by atoms with Crippen LogP contribution < -0.4 is 11.1 Å². The van der Waals surface area contributed by atoms with Gasteiger partial charge in [0.15, 0.2) is 0 Å². The zero-order valence-electron chi connectivity index (χ0n) is 10.0. The van der Waals surface area contributed by atoms with Gasteiger partial charge in [-0.15, -0.1) is 0 Å². The number of nitrogens with two attached hydrogens (primary N) is 1. The van der Waals surface area contributed by atoms with Gasteiger partial charge < -0.3 is 16.0 Å². The molecule has 0 radical (unpaired) electrons. The number of nitrogens with one attached hydrogen (secondary N) is 1. The number of hydrogen-bond donors (Lipinski definition) is 2. The van der Waals surface area contributed by atoms with E-state index in [0.717, 1.165) is 12.8 Å². The van der Waals surface area contributed by atoms with E-state index in [4.69, 9.17) is 5.73 Å². The van der Waals surface area contributed by atoms with Gasteiger partial charge in [0, 0.05) is 26.1 Å². The van der Waals surface area contributed by atoms with Crippen LogP contribution >= 0.6 is 0 Å². The number of nitrogens with zero attached hydrogens (tertiary/aromatic N) is 1. The number of likely N-dealkylation sites (tertiary alicyclic amines) is 1. The van der Waals surface area contributed by atoms with Crippen LogP contribution in [-0.4, -0.2) is 41.9 Å². The van der Waals surface area contributed by atoms with Gasteiger partial charge in [0.1, 0.15) is 0 Å². The minimum Gasteiger partial charge on any atom is -0.353 e. The molecule has 1 aliphatic rings. The Balaban J connectivity index is 2.37. The standard InChI is InChI=1S/C11H21N3O2/c1-3-10(12)11(16)14-6-4-9(5-7-14)13-8(2)15/h9-10H,3-7,12H2,1-2H3,(H,13,15)/t10-/m1/s1. The molecule has 0 aliphatic carbocycles. The summed E-state index contributed by atoms with van der Waals surface area (Å²) in [6, 6.07) is -0.170. The predicted octanol–water partition coefficient (Wildman–Crippen LogP) is -0.149. The molecule has 0 unspecified atom stereocenters. The average molecular weight is 227 g/mol. The minimum absolute atomic E-state index is 0.00460. The lowest BCUT2D eigenvalue weighted by Gasteiger charge is -2.33. The Kier molecular flexibility index (Phi) is 4.73. The first-order valence-electron chi connectivity index (χ1n) is 5.86. The fraction of sp³-hybridized carbons (Fsp3) is 0.818. The van der Waals surface area contributed by atoms with Crippen LogP contribution in [0.2, 0.25) is 0 Å². The second-order valence-electron chi connectivity index (χ2n) is 4.31. The summed E-state index contributed by atoms with van der Waals surface area (Å²) < 4.78 is 0. The molecule has 5 nitrogen and oxygen atoms in total. The smallest absolute Gasteiger partial charge is 0.239 e. The normalized spacial score (nSPS) is 19.3. The Morgan fingerprint density at radius 3 is 2.44 bits per heavy atom. The van der Waals surface area contributed by atoms with Crippen LogP contribution in [-0.2, 0) is 9.59 Å². The second-order valence-corrected chi connectivity index (χ2v) is 4.31. The van der Waals surface area contributed by atoms with Crippen molar-refractivity contribution in [2.45, 2.75) is 45.2 Å². The molecule has 0 aromatic carbocycles. The Morgan fingerprint density at radius 1 is 1.44 bits per heavy atom. The van der Waals surface area contributed by atoms with Crippen LogP contribution in [0.1, 0.15) is 33.1 Å². The van der Waals surface area contributed by atoms with Crippen molar-refractivity contribution >= 4 is 11.8 Å². The highest BCUT2D eigenvalue weighted by Gasteiger charge is 2.25. The maximum Gasteiger partial charge on any atom is 0.239 e. The van der Waals surface area contributed by atoms with E-state index in [9.17, 15) is 9.59 Å². The summed E-state index contributed by atoms with van der Waals surface area (Å²) in [5.74, 6) is 0.0267. The highest BCUT2D eigenvalue weighted by Crippen LogP contribution is 2.11. The molecule has 0 bridgehead atoms. The lowest BCUT2D eigenvalue weighted by atomic mass is 10.0. The van der Waals surface area contributed by atoms with Crippen LogP contribution in [0.5, 0.6) is 0 Å². The topological polar surface area (TPSA) is 75.4 Å². The van der Waals surface area contributed by atoms with E-state index in [1.807, 2.05) is 6.92 Å². The van der Waals surface area contributed by atoms with Gasteiger partial charge in [-0.3, -0.25) is 9.59 Å². The molecule has 3 N–H and O–H groups in total. The Labute approximate surface area is 96.4 Å². The van der Waals surface area contributed by atoms with Crippen LogP contribution in [0.3, 0.4) is 0 Å². The van der Waals surface area contributed by atoms with Gasteiger partial charge in [0.05, 0.1) is 6.04 Å². The van der Waals surface area contributed by atoms with Gasteiger partial charge >= 0.3 is 0 Å². The van der Waals surface area contributed by atoms with Crippen molar-refractivity contribution in [2.75, 3.05) is 13.1 Å². The number of hydrogen-bond acceptors (Lipinski definition) is 3. The maximum absolute atomic E-state index is 11.8. The monoisotopic (exact) mass is 227 g/mol. The molecule has 1 aliphatic heterocycles. The zero-order chi connectivity index (χ0) is 12.1. The number of carbonyl (C=O) groups excluding carboxylic acids is 2. The van der Waals surface area contributed by atoms with Crippen LogP contribution in [0.15, 0.2) is 0 Å². The van der Waals surface area contributed by atoms with Gasteiger partial charge in [-0.05, 0) is 19.3 Å². The predicted molar refractivity (Wildman–Crippen MR) is 61.7 cm³/mol. The molecule has 1 atom stereocenters. The van der Waals surface area contributed by atoms with E-state index in [0.29, 0.717) is 19.5 Å².